The first-order valence-electron chi connectivity index (χ1n) is 4.50. The monoisotopic (exact) mass is 228 g/mol. The van der Waals surface area contributed by atoms with Gasteiger partial charge in [-0.3, -0.25) is 4.79 Å². The van der Waals surface area contributed by atoms with Crippen molar-refractivity contribution in [1.82, 2.24) is 0 Å². The normalized spacial score (nSPS) is 12.9. The molecular weight excluding hydrogens is 216 g/mol. The minimum atomic E-state index is -0.143. The number of benzene rings is 1. The highest BCUT2D eigenvalue weighted by molar-refractivity contribution is 7.96. The van der Waals surface area contributed by atoms with E-state index in [1.54, 1.807) is 12.1 Å². The lowest BCUT2D eigenvalue weighted by Gasteiger charge is -2.17. The van der Waals surface area contributed by atoms with Crippen molar-refractivity contribution in [1.29, 1.82) is 0 Å². The largest absolute Gasteiger partial charge is 0.287 e. The van der Waals surface area contributed by atoms with Crippen LogP contribution in [0.5, 0.6) is 0 Å². The third-order valence-corrected chi connectivity index (χ3v) is 2.69. The van der Waals surface area contributed by atoms with Crippen LogP contribution < -0.4 is 0 Å². The van der Waals surface area contributed by atoms with Crippen molar-refractivity contribution in [3.8, 4) is 0 Å². The zero-order valence-electron chi connectivity index (χ0n) is 8.20. The molecule has 14 heavy (non-hydrogen) atoms. The van der Waals surface area contributed by atoms with Crippen LogP contribution in [-0.2, 0) is 4.79 Å². The van der Waals surface area contributed by atoms with E-state index in [9.17, 15) is 4.79 Å². The van der Waals surface area contributed by atoms with E-state index < -0.39 is 0 Å². The Labute approximate surface area is 94.9 Å². The van der Waals surface area contributed by atoms with Crippen molar-refractivity contribution in [2.45, 2.75) is 19.8 Å². The average Bonchev–Trinajstić information content (AvgIpc) is 2.07. The summed E-state index contributed by atoms with van der Waals surface area (Å²) in [7, 11) is 0. The number of hydrogen-bond donors (Lipinski definition) is 1. The molecule has 0 saturated heterocycles. The minimum Gasteiger partial charge on any atom is -0.287 e. The predicted octanol–water partition coefficient (Wildman–Crippen LogP) is 3.54. The third-order valence-electron chi connectivity index (χ3n) is 2.16. The molecule has 0 aliphatic carbocycles. The number of hydrogen-bond acceptors (Lipinski definition) is 1. The Morgan fingerprint density at radius 1 is 1.29 bits per heavy atom. The second kappa shape index (κ2) is 4.85. The fraction of sp³-hybridized carbons (Fsp3) is 0.364. The number of rotatable bonds is 3. The summed E-state index contributed by atoms with van der Waals surface area (Å²) in [5.74, 6) is 0.108. The van der Waals surface area contributed by atoms with Crippen molar-refractivity contribution in [3.63, 3.8) is 0 Å². The van der Waals surface area contributed by atoms with Crippen LogP contribution in [0.2, 0.25) is 5.02 Å². The zero-order chi connectivity index (χ0) is 10.7. The van der Waals surface area contributed by atoms with E-state index in [2.05, 4.69) is 12.6 Å². The van der Waals surface area contributed by atoms with E-state index in [0.717, 1.165) is 5.56 Å². The summed E-state index contributed by atoms with van der Waals surface area (Å²) < 4.78 is 0. The van der Waals surface area contributed by atoms with E-state index in [0.29, 0.717) is 5.02 Å². The third kappa shape index (κ3) is 2.76. The van der Waals surface area contributed by atoms with E-state index in [1.165, 1.54) is 0 Å². The van der Waals surface area contributed by atoms with Crippen LogP contribution in [0.15, 0.2) is 24.3 Å². The first-order valence-corrected chi connectivity index (χ1v) is 5.33. The molecule has 0 spiro atoms. The molecule has 0 unspecified atom stereocenters. The van der Waals surface area contributed by atoms with Gasteiger partial charge in [-0.2, -0.15) is 0 Å². The maximum absolute atomic E-state index is 11.3. The van der Waals surface area contributed by atoms with E-state index in [1.807, 2.05) is 26.0 Å². The highest BCUT2D eigenvalue weighted by atomic mass is 35.5. The number of carbonyl (C=O) groups excluding carboxylic acids is 1. The van der Waals surface area contributed by atoms with Crippen molar-refractivity contribution in [2.75, 3.05) is 0 Å². The van der Waals surface area contributed by atoms with Gasteiger partial charge >= 0.3 is 0 Å². The summed E-state index contributed by atoms with van der Waals surface area (Å²) in [6.07, 6.45) is 0. The summed E-state index contributed by atoms with van der Waals surface area (Å²) in [5, 5.41) is 0.588. The summed E-state index contributed by atoms with van der Waals surface area (Å²) >= 11 is 9.67. The smallest absolute Gasteiger partial charge is 0.193 e. The molecule has 1 rings (SSSR count). The van der Waals surface area contributed by atoms with Crippen molar-refractivity contribution < 1.29 is 4.79 Å². The SMILES string of the molecule is CC(C)[C@H](C(=O)S)c1ccc(Cl)cc1. The Morgan fingerprint density at radius 3 is 2.14 bits per heavy atom. The molecule has 0 bridgehead atoms. The molecule has 1 aromatic rings. The number of halogens is 1. The fourth-order valence-corrected chi connectivity index (χ4v) is 2.06. The first kappa shape index (κ1) is 11.6. The summed E-state index contributed by atoms with van der Waals surface area (Å²) in [6.45, 7) is 4.01. The van der Waals surface area contributed by atoms with Crippen LogP contribution in [0.4, 0.5) is 0 Å². The van der Waals surface area contributed by atoms with Crippen molar-refractivity contribution in [2.24, 2.45) is 5.92 Å². The van der Waals surface area contributed by atoms with Crippen LogP contribution in [0.1, 0.15) is 25.3 Å². The molecule has 76 valence electrons. The highest BCUT2D eigenvalue weighted by Crippen LogP contribution is 2.27. The van der Waals surface area contributed by atoms with Gasteiger partial charge in [-0.1, -0.05) is 37.6 Å². The molecule has 0 saturated carbocycles. The second-order valence-corrected chi connectivity index (χ2v) is 4.49. The van der Waals surface area contributed by atoms with E-state index >= 15 is 0 Å². The molecule has 0 aromatic heterocycles. The molecule has 0 heterocycles. The van der Waals surface area contributed by atoms with Gasteiger partial charge in [0.15, 0.2) is 5.12 Å². The molecule has 3 heteroatoms. The second-order valence-electron chi connectivity index (χ2n) is 3.61. The molecule has 0 fully saturated rings. The van der Waals surface area contributed by atoms with Gasteiger partial charge in [0.25, 0.3) is 0 Å². The molecule has 1 atom stereocenters. The molecular formula is C11H13ClOS. The van der Waals surface area contributed by atoms with Gasteiger partial charge in [0.1, 0.15) is 0 Å². The van der Waals surface area contributed by atoms with Crippen molar-refractivity contribution in [3.05, 3.63) is 34.9 Å². The zero-order valence-corrected chi connectivity index (χ0v) is 9.85. The quantitative estimate of drug-likeness (QED) is 0.784. The molecule has 1 nitrogen and oxygen atoms in total. The van der Waals surface area contributed by atoms with Gasteiger partial charge < -0.3 is 0 Å². The van der Waals surface area contributed by atoms with Gasteiger partial charge in [-0.05, 0) is 23.6 Å². The maximum atomic E-state index is 11.3. The minimum absolute atomic E-state index is 0.0951. The Bertz CT molecular complexity index is 319. The Kier molecular flexibility index (Phi) is 4.02. The first-order chi connectivity index (χ1) is 6.52. The van der Waals surface area contributed by atoms with E-state index in [4.69, 9.17) is 11.6 Å². The number of carbonyl (C=O) groups is 1. The maximum Gasteiger partial charge on any atom is 0.193 e. The molecule has 0 aliphatic heterocycles. The lowest BCUT2D eigenvalue weighted by Crippen LogP contribution is -2.13. The van der Waals surface area contributed by atoms with Gasteiger partial charge in [0, 0.05) is 5.02 Å². The van der Waals surface area contributed by atoms with Crippen LogP contribution >= 0.6 is 24.2 Å². The Hall–Kier alpha value is -0.470. The van der Waals surface area contributed by atoms with Crippen LogP contribution in [0, 0.1) is 5.92 Å². The Balaban J connectivity index is 3.00. The summed E-state index contributed by atoms with van der Waals surface area (Å²) in [5.41, 5.74) is 0.976. The lowest BCUT2D eigenvalue weighted by molar-refractivity contribution is -0.112. The summed E-state index contributed by atoms with van der Waals surface area (Å²) in [4.78, 5) is 11.3. The van der Waals surface area contributed by atoms with Gasteiger partial charge in [0.2, 0.25) is 0 Å². The molecule has 0 N–H and O–H groups in total. The average molecular weight is 229 g/mol. The predicted molar refractivity (Wildman–Crippen MR) is 63.0 cm³/mol. The Morgan fingerprint density at radius 2 is 1.79 bits per heavy atom. The molecule has 0 aliphatic rings. The van der Waals surface area contributed by atoms with Crippen LogP contribution in [0.3, 0.4) is 0 Å². The van der Waals surface area contributed by atoms with Gasteiger partial charge in [0.05, 0.1) is 5.92 Å². The van der Waals surface area contributed by atoms with Crippen molar-refractivity contribution >= 4 is 29.3 Å². The lowest BCUT2D eigenvalue weighted by atomic mass is 9.90. The van der Waals surface area contributed by atoms with Gasteiger partial charge in [-0.15, -0.1) is 12.6 Å². The summed E-state index contributed by atoms with van der Waals surface area (Å²) in [6, 6.07) is 7.34. The topological polar surface area (TPSA) is 17.1 Å². The fourth-order valence-electron chi connectivity index (χ4n) is 1.48. The molecule has 0 radical (unpaired) electrons. The molecule has 0 amide bonds. The van der Waals surface area contributed by atoms with Crippen LogP contribution in [0.25, 0.3) is 0 Å². The van der Waals surface area contributed by atoms with Crippen LogP contribution in [-0.4, -0.2) is 5.12 Å². The number of thiol groups is 1. The highest BCUT2D eigenvalue weighted by Gasteiger charge is 2.20. The van der Waals surface area contributed by atoms with Gasteiger partial charge in [-0.25, -0.2) is 0 Å². The van der Waals surface area contributed by atoms with E-state index in [-0.39, 0.29) is 17.0 Å². The standard InChI is InChI=1S/C11H13ClOS/c1-7(2)10(11(13)14)8-3-5-9(12)6-4-8/h3-7,10H,1-2H3,(H,13,14)/t10-/m0/s1. The molecule has 1 aromatic carbocycles.